The van der Waals surface area contributed by atoms with Crippen LogP contribution in [0.1, 0.15) is 19.5 Å². The van der Waals surface area contributed by atoms with Crippen LogP contribution in [0.25, 0.3) is 0 Å². The lowest BCUT2D eigenvalue weighted by atomic mass is 10.1. The number of aromatic amines is 1. The molecule has 20 heavy (non-hydrogen) atoms. The normalized spacial score (nSPS) is 12.6. The number of carboxylic acids is 2. The van der Waals surface area contributed by atoms with E-state index in [1.807, 2.05) is 0 Å². The van der Waals surface area contributed by atoms with Crippen molar-refractivity contribution in [2.75, 3.05) is 0 Å². The predicted molar refractivity (Wildman–Crippen MR) is 68.8 cm³/mol. The smallest absolute Gasteiger partial charge is 0.326 e. The first-order valence-corrected chi connectivity index (χ1v) is 5.70. The number of nitrogens with one attached hydrogen (secondary N) is 2. The molecule has 1 aromatic heterocycles. The zero-order valence-corrected chi connectivity index (χ0v) is 11.2. The Morgan fingerprint density at radius 3 is 2.25 bits per heavy atom. The molecule has 9 heteroatoms. The fourth-order valence-corrected chi connectivity index (χ4v) is 1.06. The van der Waals surface area contributed by atoms with Gasteiger partial charge in [0.15, 0.2) is 0 Å². The van der Waals surface area contributed by atoms with Gasteiger partial charge in [-0.1, -0.05) is 0 Å². The van der Waals surface area contributed by atoms with Crippen molar-refractivity contribution in [1.82, 2.24) is 15.3 Å². The van der Waals surface area contributed by atoms with E-state index in [2.05, 4.69) is 15.3 Å². The van der Waals surface area contributed by atoms with Gasteiger partial charge in [-0.2, -0.15) is 0 Å². The van der Waals surface area contributed by atoms with Crippen molar-refractivity contribution in [3.05, 3.63) is 18.2 Å². The first kappa shape index (κ1) is 17.6. The number of nitrogens with zero attached hydrogens (tertiary/aromatic N) is 1. The number of hydrogen-bond acceptors (Lipinski definition) is 5. The zero-order chi connectivity index (χ0) is 15.7. The average molecular weight is 286 g/mol. The van der Waals surface area contributed by atoms with E-state index in [1.54, 1.807) is 6.20 Å². The lowest BCUT2D eigenvalue weighted by Gasteiger charge is -2.10. The molecule has 9 nitrogen and oxygen atoms in total. The quantitative estimate of drug-likeness (QED) is 0.462. The van der Waals surface area contributed by atoms with Crippen molar-refractivity contribution < 1.29 is 24.6 Å². The summed E-state index contributed by atoms with van der Waals surface area (Å²) < 4.78 is 0. The summed E-state index contributed by atoms with van der Waals surface area (Å²) in [5.74, 6) is -2.40. The average Bonchev–Trinajstić information content (AvgIpc) is 2.81. The van der Waals surface area contributed by atoms with E-state index >= 15 is 0 Å². The lowest BCUT2D eigenvalue weighted by molar-refractivity contribution is -0.141. The Hall–Kier alpha value is -2.42. The maximum atomic E-state index is 10.7. The summed E-state index contributed by atoms with van der Waals surface area (Å²) in [6.07, 6.45) is 3.23. The van der Waals surface area contributed by atoms with E-state index in [0.717, 1.165) is 0 Å². The van der Waals surface area contributed by atoms with Crippen LogP contribution in [0.3, 0.4) is 0 Å². The van der Waals surface area contributed by atoms with Gasteiger partial charge in [0, 0.05) is 19.5 Å². The van der Waals surface area contributed by atoms with Crippen molar-refractivity contribution in [1.29, 1.82) is 0 Å². The molecule has 6 N–H and O–H groups in total. The number of carboxylic acid groups (broad SMARTS) is 2. The Balaban J connectivity index is 0.000000511. The third-order valence-corrected chi connectivity index (χ3v) is 2.03. The number of imidazole rings is 1. The van der Waals surface area contributed by atoms with E-state index in [0.29, 0.717) is 5.69 Å². The summed E-state index contributed by atoms with van der Waals surface area (Å²) in [7, 11) is 0. The van der Waals surface area contributed by atoms with Gasteiger partial charge < -0.3 is 26.2 Å². The molecule has 0 aliphatic rings. The summed E-state index contributed by atoms with van der Waals surface area (Å²) in [5, 5.41) is 19.0. The molecule has 0 saturated carbocycles. The van der Waals surface area contributed by atoms with Gasteiger partial charge in [-0.15, -0.1) is 0 Å². The summed E-state index contributed by atoms with van der Waals surface area (Å²) in [6.45, 7) is 2.70. The third-order valence-electron chi connectivity index (χ3n) is 2.03. The molecule has 1 amide bonds. The van der Waals surface area contributed by atoms with Gasteiger partial charge in [0.1, 0.15) is 12.1 Å². The second kappa shape index (κ2) is 8.64. The number of carbonyl (C=O) groups excluding carboxylic acids is 1. The van der Waals surface area contributed by atoms with E-state index < -0.39 is 24.0 Å². The SMILES string of the molecule is CC(=O)N[C@@H](Cc1c[nH]cn1)C(=O)O.C[C@@H](N)C(=O)O. The van der Waals surface area contributed by atoms with Crippen LogP contribution in [0.5, 0.6) is 0 Å². The molecule has 0 aliphatic heterocycles. The Labute approximate surface area is 115 Å². The molecule has 0 spiro atoms. The van der Waals surface area contributed by atoms with E-state index in [9.17, 15) is 14.4 Å². The maximum Gasteiger partial charge on any atom is 0.326 e. The Morgan fingerprint density at radius 1 is 1.40 bits per heavy atom. The minimum absolute atomic E-state index is 0.179. The Kier molecular flexibility index (Phi) is 7.60. The monoisotopic (exact) mass is 286 g/mol. The highest BCUT2D eigenvalue weighted by Crippen LogP contribution is 1.98. The molecule has 1 rings (SSSR count). The number of rotatable bonds is 5. The first-order chi connectivity index (χ1) is 9.23. The molecule has 0 unspecified atom stereocenters. The minimum Gasteiger partial charge on any atom is -0.480 e. The summed E-state index contributed by atoms with van der Waals surface area (Å²) in [4.78, 5) is 37.6. The van der Waals surface area contributed by atoms with Crippen LogP contribution < -0.4 is 11.1 Å². The third kappa shape index (κ3) is 7.82. The predicted octanol–water partition coefficient (Wildman–Crippen LogP) is -1.04. The number of amides is 1. The standard InChI is InChI=1S/C8H11N3O3.C3H7NO2/c1-5(12)11-7(8(13)14)2-6-3-9-4-10-6;1-2(4)3(5)6/h3-4,7H,2H2,1H3,(H,9,10)(H,11,12)(H,13,14);2H,4H2,1H3,(H,5,6)/t7-;2-/m01/s1. The second-order valence-corrected chi connectivity index (χ2v) is 3.98. The largest absolute Gasteiger partial charge is 0.480 e. The van der Waals surface area contributed by atoms with Crippen molar-refractivity contribution in [2.45, 2.75) is 32.4 Å². The number of hydrogen-bond donors (Lipinski definition) is 5. The van der Waals surface area contributed by atoms with Gasteiger partial charge in [0.05, 0.1) is 12.0 Å². The Morgan fingerprint density at radius 2 is 1.95 bits per heavy atom. The zero-order valence-electron chi connectivity index (χ0n) is 11.2. The molecule has 0 fully saturated rings. The first-order valence-electron chi connectivity index (χ1n) is 5.70. The molecule has 1 aromatic rings. The van der Waals surface area contributed by atoms with Crippen molar-refractivity contribution in [2.24, 2.45) is 5.73 Å². The molecule has 0 radical (unpaired) electrons. The van der Waals surface area contributed by atoms with Crippen LogP contribution in [0.15, 0.2) is 12.5 Å². The van der Waals surface area contributed by atoms with Crippen LogP contribution >= 0.6 is 0 Å². The van der Waals surface area contributed by atoms with Gasteiger partial charge in [0.2, 0.25) is 5.91 Å². The van der Waals surface area contributed by atoms with Gasteiger partial charge in [-0.05, 0) is 6.92 Å². The molecular weight excluding hydrogens is 268 g/mol. The van der Waals surface area contributed by atoms with Crippen molar-refractivity contribution >= 4 is 17.8 Å². The van der Waals surface area contributed by atoms with Crippen LogP contribution in [0, 0.1) is 0 Å². The fourth-order valence-electron chi connectivity index (χ4n) is 1.06. The van der Waals surface area contributed by atoms with Crippen LogP contribution in [0.2, 0.25) is 0 Å². The molecule has 0 aliphatic carbocycles. The van der Waals surface area contributed by atoms with Crippen LogP contribution in [-0.2, 0) is 20.8 Å². The van der Waals surface area contributed by atoms with Crippen LogP contribution in [0.4, 0.5) is 0 Å². The minimum atomic E-state index is -1.07. The molecule has 0 bridgehead atoms. The highest BCUT2D eigenvalue weighted by atomic mass is 16.4. The fraction of sp³-hybridized carbons (Fsp3) is 0.455. The van der Waals surface area contributed by atoms with E-state index in [-0.39, 0.29) is 12.3 Å². The molecule has 2 atom stereocenters. The highest BCUT2D eigenvalue weighted by Gasteiger charge is 2.19. The number of nitrogens with two attached hydrogens (primary N) is 1. The van der Waals surface area contributed by atoms with Gasteiger partial charge in [0.25, 0.3) is 0 Å². The summed E-state index contributed by atoms with van der Waals surface area (Å²) in [6, 6.07) is -1.65. The number of carbonyl (C=O) groups is 3. The number of H-pyrrole nitrogens is 1. The molecule has 0 saturated heterocycles. The van der Waals surface area contributed by atoms with Crippen molar-refractivity contribution in [3.63, 3.8) is 0 Å². The van der Waals surface area contributed by atoms with Gasteiger partial charge in [-0.3, -0.25) is 9.59 Å². The molecule has 112 valence electrons. The highest BCUT2D eigenvalue weighted by molar-refractivity contribution is 5.82. The van der Waals surface area contributed by atoms with Gasteiger partial charge >= 0.3 is 11.9 Å². The topological polar surface area (TPSA) is 158 Å². The number of aliphatic carboxylic acids is 2. The molecule has 0 aromatic carbocycles. The van der Waals surface area contributed by atoms with E-state index in [1.165, 1.54) is 20.2 Å². The summed E-state index contributed by atoms with van der Waals surface area (Å²) >= 11 is 0. The summed E-state index contributed by atoms with van der Waals surface area (Å²) in [5.41, 5.74) is 5.44. The maximum absolute atomic E-state index is 10.7. The Bertz CT molecular complexity index is 444. The lowest BCUT2D eigenvalue weighted by Crippen LogP contribution is -2.41. The second-order valence-electron chi connectivity index (χ2n) is 3.98. The molecular formula is C11H18N4O5. The van der Waals surface area contributed by atoms with Crippen molar-refractivity contribution in [3.8, 4) is 0 Å². The molecule has 1 heterocycles. The van der Waals surface area contributed by atoms with Gasteiger partial charge in [-0.25, -0.2) is 9.78 Å². The number of aromatic nitrogens is 2. The van der Waals surface area contributed by atoms with Crippen LogP contribution in [-0.4, -0.2) is 50.1 Å². The van der Waals surface area contributed by atoms with E-state index in [4.69, 9.17) is 15.9 Å².